The van der Waals surface area contributed by atoms with Gasteiger partial charge in [-0.2, -0.15) is 0 Å². The van der Waals surface area contributed by atoms with Gasteiger partial charge in [-0.3, -0.25) is 0 Å². The maximum absolute atomic E-state index is 12.7. The molecule has 2 N–H and O–H groups in total. The second kappa shape index (κ2) is 5.66. The van der Waals surface area contributed by atoms with Gasteiger partial charge in [-0.25, -0.2) is 18.0 Å². The fourth-order valence-electron chi connectivity index (χ4n) is 0.906. The Hall–Kier alpha value is -0.940. The standard InChI is InChI=1S/C7H12F3NO2/c1-2-4(3-11-7(12)13)5(8)6(9)10/h4-6,11H,2-3H2,1H3,(H,12,13). The lowest BCUT2D eigenvalue weighted by atomic mass is 10.0. The number of halogens is 3. The van der Waals surface area contributed by atoms with E-state index in [1.54, 1.807) is 0 Å². The lowest BCUT2D eigenvalue weighted by Gasteiger charge is -2.18. The highest BCUT2D eigenvalue weighted by Crippen LogP contribution is 2.18. The predicted molar refractivity (Wildman–Crippen MR) is 40.7 cm³/mol. The number of amides is 1. The molecule has 2 atom stereocenters. The van der Waals surface area contributed by atoms with Gasteiger partial charge in [-0.1, -0.05) is 6.92 Å². The number of nitrogens with one attached hydrogen (secondary N) is 1. The minimum atomic E-state index is -3.06. The number of hydrogen-bond acceptors (Lipinski definition) is 1. The van der Waals surface area contributed by atoms with Crippen LogP contribution >= 0.6 is 0 Å². The fourth-order valence-corrected chi connectivity index (χ4v) is 0.906. The van der Waals surface area contributed by atoms with Crippen LogP contribution in [-0.4, -0.2) is 30.3 Å². The van der Waals surface area contributed by atoms with Crippen LogP contribution < -0.4 is 5.32 Å². The third-order valence-electron chi connectivity index (χ3n) is 1.73. The Morgan fingerprint density at radius 1 is 1.46 bits per heavy atom. The molecular formula is C7H12F3NO2. The lowest BCUT2D eigenvalue weighted by molar-refractivity contribution is 0.0152. The predicted octanol–water partition coefficient (Wildman–Crippen LogP) is 1.88. The Labute approximate surface area is 73.9 Å². The van der Waals surface area contributed by atoms with Gasteiger partial charge in [0.15, 0.2) is 6.17 Å². The highest BCUT2D eigenvalue weighted by Gasteiger charge is 2.28. The summed E-state index contributed by atoms with van der Waals surface area (Å²) in [6.07, 6.45) is -6.48. The SMILES string of the molecule is CCC(CNC(=O)O)C(F)C(F)F. The Kier molecular flexibility index (Phi) is 5.25. The van der Waals surface area contributed by atoms with Crippen LogP contribution in [0.4, 0.5) is 18.0 Å². The molecule has 2 unspecified atom stereocenters. The van der Waals surface area contributed by atoms with Gasteiger partial charge in [0.25, 0.3) is 6.43 Å². The molecule has 0 saturated heterocycles. The molecule has 0 bridgehead atoms. The van der Waals surface area contributed by atoms with E-state index in [-0.39, 0.29) is 13.0 Å². The van der Waals surface area contributed by atoms with Crippen molar-refractivity contribution in [3.05, 3.63) is 0 Å². The van der Waals surface area contributed by atoms with Gasteiger partial charge in [0.2, 0.25) is 0 Å². The quantitative estimate of drug-likeness (QED) is 0.710. The van der Waals surface area contributed by atoms with Gasteiger partial charge in [-0.05, 0) is 6.42 Å². The molecule has 0 spiro atoms. The molecule has 3 nitrogen and oxygen atoms in total. The zero-order valence-electron chi connectivity index (χ0n) is 7.14. The number of rotatable bonds is 5. The van der Waals surface area contributed by atoms with E-state index in [4.69, 9.17) is 5.11 Å². The largest absolute Gasteiger partial charge is 0.465 e. The summed E-state index contributed by atoms with van der Waals surface area (Å²) in [6.45, 7) is 1.25. The summed E-state index contributed by atoms with van der Waals surface area (Å²) in [5.74, 6) is -0.962. The van der Waals surface area contributed by atoms with Crippen molar-refractivity contribution >= 4 is 6.09 Å². The van der Waals surface area contributed by atoms with Crippen molar-refractivity contribution in [2.75, 3.05) is 6.54 Å². The summed E-state index contributed by atoms with van der Waals surface area (Å²) in [7, 11) is 0. The van der Waals surface area contributed by atoms with Crippen molar-refractivity contribution in [2.45, 2.75) is 25.9 Å². The summed E-state index contributed by atoms with van der Waals surface area (Å²) in [6, 6.07) is 0. The molecule has 13 heavy (non-hydrogen) atoms. The molecule has 0 aliphatic carbocycles. The van der Waals surface area contributed by atoms with E-state index in [1.807, 2.05) is 5.32 Å². The van der Waals surface area contributed by atoms with Crippen molar-refractivity contribution in [1.29, 1.82) is 0 Å². The molecule has 0 aliphatic rings. The van der Waals surface area contributed by atoms with Gasteiger partial charge in [-0.15, -0.1) is 0 Å². The highest BCUT2D eigenvalue weighted by atomic mass is 19.3. The average molecular weight is 199 g/mol. The zero-order chi connectivity index (χ0) is 10.4. The normalized spacial score (nSPS) is 15.5. The van der Waals surface area contributed by atoms with E-state index < -0.39 is 24.6 Å². The molecule has 6 heteroatoms. The van der Waals surface area contributed by atoms with Crippen LogP contribution in [0, 0.1) is 5.92 Å². The molecule has 0 fully saturated rings. The van der Waals surface area contributed by atoms with E-state index in [2.05, 4.69) is 0 Å². The average Bonchev–Trinajstić information content (AvgIpc) is 2.04. The molecule has 0 aromatic carbocycles. The summed E-state index contributed by atoms with van der Waals surface area (Å²) in [5.41, 5.74) is 0. The number of carboxylic acid groups (broad SMARTS) is 1. The molecule has 0 heterocycles. The molecule has 0 aromatic heterocycles. The minimum Gasteiger partial charge on any atom is -0.465 e. The van der Waals surface area contributed by atoms with Gasteiger partial charge in [0, 0.05) is 12.5 Å². The first kappa shape index (κ1) is 12.1. The summed E-state index contributed by atoms with van der Waals surface area (Å²) < 4.78 is 36.3. The van der Waals surface area contributed by atoms with Crippen molar-refractivity contribution in [3.63, 3.8) is 0 Å². The molecule has 0 rings (SSSR count). The number of alkyl halides is 3. The van der Waals surface area contributed by atoms with Crippen LogP contribution in [-0.2, 0) is 0 Å². The Morgan fingerprint density at radius 3 is 2.31 bits per heavy atom. The van der Waals surface area contributed by atoms with Crippen molar-refractivity contribution in [1.82, 2.24) is 5.32 Å². The van der Waals surface area contributed by atoms with E-state index in [0.717, 1.165) is 0 Å². The van der Waals surface area contributed by atoms with Crippen molar-refractivity contribution in [2.24, 2.45) is 5.92 Å². The van der Waals surface area contributed by atoms with Crippen LogP contribution in [0.25, 0.3) is 0 Å². The Balaban J connectivity index is 3.94. The van der Waals surface area contributed by atoms with Gasteiger partial charge in [0.05, 0.1) is 0 Å². The van der Waals surface area contributed by atoms with E-state index in [9.17, 15) is 18.0 Å². The molecule has 0 aliphatic heterocycles. The van der Waals surface area contributed by atoms with Crippen LogP contribution in [0.2, 0.25) is 0 Å². The summed E-state index contributed by atoms with van der Waals surface area (Å²) in [5, 5.41) is 10.0. The fraction of sp³-hybridized carbons (Fsp3) is 0.857. The maximum atomic E-state index is 12.7. The van der Waals surface area contributed by atoms with E-state index in [0.29, 0.717) is 0 Å². The molecule has 0 radical (unpaired) electrons. The van der Waals surface area contributed by atoms with Crippen LogP contribution in [0.1, 0.15) is 13.3 Å². The first-order chi connectivity index (χ1) is 5.99. The second-order valence-electron chi connectivity index (χ2n) is 2.63. The van der Waals surface area contributed by atoms with Crippen LogP contribution in [0.15, 0.2) is 0 Å². The maximum Gasteiger partial charge on any atom is 0.404 e. The summed E-state index contributed by atoms with van der Waals surface area (Å²) >= 11 is 0. The number of carbonyl (C=O) groups is 1. The monoisotopic (exact) mass is 199 g/mol. The van der Waals surface area contributed by atoms with Crippen molar-refractivity contribution < 1.29 is 23.1 Å². The zero-order valence-corrected chi connectivity index (χ0v) is 7.14. The van der Waals surface area contributed by atoms with Gasteiger partial charge < -0.3 is 10.4 Å². The van der Waals surface area contributed by atoms with Gasteiger partial charge >= 0.3 is 6.09 Å². The van der Waals surface area contributed by atoms with E-state index >= 15 is 0 Å². The Morgan fingerprint density at radius 2 is 2.00 bits per heavy atom. The van der Waals surface area contributed by atoms with Crippen LogP contribution in [0.3, 0.4) is 0 Å². The smallest absolute Gasteiger partial charge is 0.404 e. The molecule has 0 saturated carbocycles. The molecule has 78 valence electrons. The van der Waals surface area contributed by atoms with Crippen LogP contribution in [0.5, 0.6) is 0 Å². The lowest BCUT2D eigenvalue weighted by Crippen LogP contribution is -2.35. The Bertz CT molecular complexity index is 166. The number of hydrogen-bond donors (Lipinski definition) is 2. The summed E-state index contributed by atoms with van der Waals surface area (Å²) in [4.78, 5) is 9.99. The van der Waals surface area contributed by atoms with Crippen molar-refractivity contribution in [3.8, 4) is 0 Å². The highest BCUT2D eigenvalue weighted by molar-refractivity contribution is 5.64. The minimum absolute atomic E-state index is 0.172. The third kappa shape index (κ3) is 4.59. The molecule has 0 aromatic rings. The molecule has 1 amide bonds. The third-order valence-corrected chi connectivity index (χ3v) is 1.73. The first-order valence-corrected chi connectivity index (χ1v) is 3.88. The van der Waals surface area contributed by atoms with E-state index in [1.165, 1.54) is 6.92 Å². The topological polar surface area (TPSA) is 49.3 Å². The second-order valence-corrected chi connectivity index (χ2v) is 2.63. The molecular weight excluding hydrogens is 187 g/mol. The first-order valence-electron chi connectivity index (χ1n) is 3.88. The van der Waals surface area contributed by atoms with Gasteiger partial charge in [0.1, 0.15) is 0 Å².